The summed E-state index contributed by atoms with van der Waals surface area (Å²) in [6.07, 6.45) is 1.01. The average Bonchev–Trinajstić information content (AvgIpc) is 2.85. The molecule has 1 aliphatic heterocycles. The molecule has 0 atom stereocenters. The molecule has 0 saturated heterocycles. The Balaban J connectivity index is 1.81. The second-order valence-corrected chi connectivity index (χ2v) is 4.83. The monoisotopic (exact) mass is 259 g/mol. The molecule has 3 rings (SSSR count). The van der Waals surface area contributed by atoms with Gasteiger partial charge in [0.2, 0.25) is 0 Å². The van der Waals surface area contributed by atoms with Crippen LogP contribution in [0.5, 0.6) is 5.75 Å². The van der Waals surface area contributed by atoms with Crippen LogP contribution in [0.4, 0.5) is 5.69 Å². The molecule has 1 N–H and O–H groups in total. The van der Waals surface area contributed by atoms with Gasteiger partial charge in [0.1, 0.15) is 12.4 Å². The minimum Gasteiger partial charge on any atom is -0.487 e. The molecule has 0 unspecified atom stereocenters. The summed E-state index contributed by atoms with van der Waals surface area (Å²) < 4.78 is 5.87. The number of anilines is 1. The second-order valence-electron chi connectivity index (χ2n) is 4.39. The Bertz CT molecular complexity index is 554. The van der Waals surface area contributed by atoms with Gasteiger partial charge in [-0.1, -0.05) is 41.9 Å². The first-order chi connectivity index (χ1) is 8.83. The molecule has 2 aromatic rings. The van der Waals surface area contributed by atoms with E-state index in [1.807, 2.05) is 30.3 Å². The highest BCUT2D eigenvalue weighted by atomic mass is 35.5. The van der Waals surface area contributed by atoms with Gasteiger partial charge in [-0.2, -0.15) is 0 Å². The van der Waals surface area contributed by atoms with E-state index in [0.29, 0.717) is 6.61 Å². The van der Waals surface area contributed by atoms with Gasteiger partial charge in [-0.25, -0.2) is 0 Å². The predicted molar refractivity (Wildman–Crippen MR) is 74.4 cm³/mol. The summed E-state index contributed by atoms with van der Waals surface area (Å²) in [6, 6.07) is 14.0. The van der Waals surface area contributed by atoms with Gasteiger partial charge in [0.05, 0.1) is 5.69 Å². The maximum absolute atomic E-state index is 6.10. The third kappa shape index (κ3) is 2.29. The number of fused-ring (bicyclic) bond motifs is 1. The number of rotatable bonds is 3. The van der Waals surface area contributed by atoms with Crippen LogP contribution in [0.15, 0.2) is 42.5 Å². The van der Waals surface area contributed by atoms with Gasteiger partial charge in [-0.05, 0) is 23.6 Å². The molecule has 2 nitrogen and oxygen atoms in total. The molecule has 0 aromatic heterocycles. The van der Waals surface area contributed by atoms with Gasteiger partial charge < -0.3 is 10.1 Å². The molecule has 2 aromatic carbocycles. The lowest BCUT2D eigenvalue weighted by atomic mass is 10.1. The van der Waals surface area contributed by atoms with Gasteiger partial charge in [0, 0.05) is 17.6 Å². The summed E-state index contributed by atoms with van der Waals surface area (Å²) in [7, 11) is 0. The largest absolute Gasteiger partial charge is 0.487 e. The van der Waals surface area contributed by atoms with Gasteiger partial charge in [0.25, 0.3) is 0 Å². The standard InChI is InChI=1S/C15H14ClNO/c16-13-8-12-6-7-17-15(12)14(9-13)18-10-11-4-2-1-3-5-11/h1-5,8-9,17H,6-7,10H2. The summed E-state index contributed by atoms with van der Waals surface area (Å²) in [6.45, 7) is 1.52. The highest BCUT2D eigenvalue weighted by Gasteiger charge is 2.16. The third-order valence-electron chi connectivity index (χ3n) is 3.08. The van der Waals surface area contributed by atoms with Crippen molar-refractivity contribution in [2.24, 2.45) is 0 Å². The van der Waals surface area contributed by atoms with E-state index >= 15 is 0 Å². The van der Waals surface area contributed by atoms with E-state index in [0.717, 1.165) is 35.0 Å². The number of ether oxygens (including phenoxy) is 1. The zero-order valence-electron chi connectivity index (χ0n) is 9.95. The smallest absolute Gasteiger partial charge is 0.144 e. The van der Waals surface area contributed by atoms with Crippen LogP contribution in [0.2, 0.25) is 5.02 Å². The molecule has 0 spiro atoms. The zero-order valence-corrected chi connectivity index (χ0v) is 10.7. The molecule has 1 heterocycles. The molecule has 0 fully saturated rings. The first-order valence-corrected chi connectivity index (χ1v) is 6.44. The fourth-order valence-corrected chi connectivity index (χ4v) is 2.44. The van der Waals surface area contributed by atoms with Crippen molar-refractivity contribution in [2.75, 3.05) is 11.9 Å². The van der Waals surface area contributed by atoms with E-state index in [1.165, 1.54) is 5.56 Å². The second kappa shape index (κ2) is 4.91. The summed E-state index contributed by atoms with van der Waals surface area (Å²) in [5, 5.41) is 4.09. The lowest BCUT2D eigenvalue weighted by molar-refractivity contribution is 0.308. The van der Waals surface area contributed by atoms with E-state index in [4.69, 9.17) is 16.3 Å². The first-order valence-electron chi connectivity index (χ1n) is 6.06. The molecule has 0 aliphatic carbocycles. The quantitative estimate of drug-likeness (QED) is 0.903. The number of halogens is 1. The fourth-order valence-electron chi connectivity index (χ4n) is 2.21. The Labute approximate surface area is 112 Å². The Hall–Kier alpha value is -1.67. The van der Waals surface area contributed by atoms with Gasteiger partial charge in [-0.3, -0.25) is 0 Å². The van der Waals surface area contributed by atoms with Crippen LogP contribution in [0, 0.1) is 0 Å². The number of benzene rings is 2. The molecule has 0 bridgehead atoms. The van der Waals surface area contributed by atoms with Crippen molar-refractivity contribution in [1.82, 2.24) is 0 Å². The summed E-state index contributed by atoms with van der Waals surface area (Å²) in [4.78, 5) is 0. The summed E-state index contributed by atoms with van der Waals surface area (Å²) in [5.41, 5.74) is 3.49. The molecular formula is C15H14ClNO. The van der Waals surface area contributed by atoms with Crippen molar-refractivity contribution in [3.05, 3.63) is 58.6 Å². The number of nitrogens with one attached hydrogen (secondary N) is 1. The van der Waals surface area contributed by atoms with Gasteiger partial charge in [-0.15, -0.1) is 0 Å². The van der Waals surface area contributed by atoms with Crippen LogP contribution in [-0.2, 0) is 13.0 Å². The highest BCUT2D eigenvalue weighted by Crippen LogP contribution is 2.36. The number of hydrogen-bond acceptors (Lipinski definition) is 2. The molecule has 3 heteroatoms. The van der Waals surface area contributed by atoms with Crippen LogP contribution < -0.4 is 10.1 Å². The van der Waals surface area contributed by atoms with Crippen molar-refractivity contribution in [2.45, 2.75) is 13.0 Å². The van der Waals surface area contributed by atoms with Crippen molar-refractivity contribution in [3.63, 3.8) is 0 Å². The van der Waals surface area contributed by atoms with E-state index in [9.17, 15) is 0 Å². The van der Waals surface area contributed by atoms with E-state index in [2.05, 4.69) is 17.4 Å². The van der Waals surface area contributed by atoms with Crippen molar-refractivity contribution < 1.29 is 4.74 Å². The van der Waals surface area contributed by atoms with Crippen LogP contribution in [0.1, 0.15) is 11.1 Å². The third-order valence-corrected chi connectivity index (χ3v) is 3.30. The zero-order chi connectivity index (χ0) is 12.4. The molecule has 92 valence electrons. The normalized spacial score (nSPS) is 12.9. The molecule has 1 aliphatic rings. The molecule has 0 saturated carbocycles. The van der Waals surface area contributed by atoms with Crippen LogP contribution in [0.3, 0.4) is 0 Å². The lowest BCUT2D eigenvalue weighted by Crippen LogP contribution is -1.99. The summed E-state index contributed by atoms with van der Waals surface area (Å²) >= 11 is 6.10. The maximum atomic E-state index is 6.10. The topological polar surface area (TPSA) is 21.3 Å². The lowest BCUT2D eigenvalue weighted by Gasteiger charge is -2.11. The highest BCUT2D eigenvalue weighted by molar-refractivity contribution is 6.31. The maximum Gasteiger partial charge on any atom is 0.144 e. The van der Waals surface area contributed by atoms with Crippen LogP contribution in [-0.4, -0.2) is 6.54 Å². The van der Waals surface area contributed by atoms with E-state index in [-0.39, 0.29) is 0 Å². The van der Waals surface area contributed by atoms with Crippen molar-refractivity contribution in [3.8, 4) is 5.75 Å². The fraction of sp³-hybridized carbons (Fsp3) is 0.200. The average molecular weight is 260 g/mol. The Kier molecular flexibility index (Phi) is 3.11. The first kappa shape index (κ1) is 11.4. The van der Waals surface area contributed by atoms with Crippen LogP contribution >= 0.6 is 11.6 Å². The Morgan fingerprint density at radius 2 is 2.00 bits per heavy atom. The number of hydrogen-bond donors (Lipinski definition) is 1. The van der Waals surface area contributed by atoms with E-state index < -0.39 is 0 Å². The predicted octanol–water partition coefficient (Wildman–Crippen LogP) is 3.89. The van der Waals surface area contributed by atoms with Crippen LogP contribution in [0.25, 0.3) is 0 Å². The van der Waals surface area contributed by atoms with Gasteiger partial charge in [0.15, 0.2) is 0 Å². The molecule has 18 heavy (non-hydrogen) atoms. The Morgan fingerprint density at radius 1 is 1.17 bits per heavy atom. The van der Waals surface area contributed by atoms with E-state index in [1.54, 1.807) is 0 Å². The minimum absolute atomic E-state index is 0.565. The SMILES string of the molecule is Clc1cc2c(c(OCc3ccccc3)c1)NCC2. The molecule has 0 radical (unpaired) electrons. The minimum atomic E-state index is 0.565. The van der Waals surface area contributed by atoms with Gasteiger partial charge >= 0.3 is 0 Å². The molecular weight excluding hydrogens is 246 g/mol. The van der Waals surface area contributed by atoms with Crippen molar-refractivity contribution in [1.29, 1.82) is 0 Å². The molecule has 0 amide bonds. The Morgan fingerprint density at radius 3 is 2.83 bits per heavy atom. The van der Waals surface area contributed by atoms with Crippen molar-refractivity contribution >= 4 is 17.3 Å². The summed E-state index contributed by atoms with van der Waals surface area (Å²) in [5.74, 6) is 0.846.